The fourth-order valence-electron chi connectivity index (χ4n) is 3.10. The molecule has 0 aliphatic carbocycles. The zero-order chi connectivity index (χ0) is 21.0. The van der Waals surface area contributed by atoms with Gasteiger partial charge in [0.05, 0.1) is 4.90 Å². The van der Waals surface area contributed by atoms with E-state index >= 15 is 0 Å². The molecule has 0 saturated carbocycles. The van der Waals surface area contributed by atoms with Gasteiger partial charge in [-0.05, 0) is 30.7 Å². The van der Waals surface area contributed by atoms with E-state index in [1.807, 2.05) is 6.92 Å². The van der Waals surface area contributed by atoms with E-state index in [4.69, 9.17) is 11.6 Å². The summed E-state index contributed by atoms with van der Waals surface area (Å²) in [7, 11) is -3.67. The number of carbonyl (C=O) groups excluding carboxylic acids is 1. The van der Waals surface area contributed by atoms with Crippen molar-refractivity contribution < 1.29 is 13.2 Å². The quantitative estimate of drug-likeness (QED) is 0.686. The van der Waals surface area contributed by atoms with Gasteiger partial charge in [0.1, 0.15) is 5.69 Å². The molecule has 0 N–H and O–H groups in total. The van der Waals surface area contributed by atoms with Crippen LogP contribution in [-0.2, 0) is 16.6 Å². The van der Waals surface area contributed by atoms with Gasteiger partial charge in [0.25, 0.3) is 11.5 Å². The predicted octanol–water partition coefficient (Wildman–Crippen LogP) is 1.84. The van der Waals surface area contributed by atoms with Crippen LogP contribution in [0.4, 0.5) is 0 Å². The molecule has 1 fully saturated rings. The van der Waals surface area contributed by atoms with Crippen molar-refractivity contribution >= 4 is 27.5 Å². The van der Waals surface area contributed by atoms with E-state index in [1.54, 1.807) is 17.0 Å². The van der Waals surface area contributed by atoms with Gasteiger partial charge in [0, 0.05) is 43.8 Å². The van der Waals surface area contributed by atoms with Gasteiger partial charge >= 0.3 is 0 Å². The highest BCUT2D eigenvalue weighted by atomic mass is 35.5. The Bertz CT molecular complexity index is 1050. The molecule has 1 saturated heterocycles. The van der Waals surface area contributed by atoms with Gasteiger partial charge in [-0.1, -0.05) is 31.0 Å². The molecule has 1 aliphatic rings. The number of nitrogens with zero attached hydrogens (tertiary/aromatic N) is 4. The lowest BCUT2D eigenvalue weighted by molar-refractivity contribution is 0.0689. The minimum absolute atomic E-state index is 0.134. The van der Waals surface area contributed by atoms with Gasteiger partial charge in [-0.2, -0.15) is 9.40 Å². The van der Waals surface area contributed by atoms with E-state index in [-0.39, 0.29) is 48.2 Å². The van der Waals surface area contributed by atoms with Crippen molar-refractivity contribution in [2.75, 3.05) is 26.2 Å². The van der Waals surface area contributed by atoms with E-state index in [0.717, 1.165) is 12.8 Å². The zero-order valence-electron chi connectivity index (χ0n) is 16.1. The number of carbonyl (C=O) groups is 1. The fourth-order valence-corrected chi connectivity index (χ4v) is 4.82. The van der Waals surface area contributed by atoms with Crippen LogP contribution < -0.4 is 5.56 Å². The van der Waals surface area contributed by atoms with Crippen LogP contribution in [0.25, 0.3) is 0 Å². The number of aromatic nitrogens is 2. The van der Waals surface area contributed by atoms with Crippen LogP contribution in [0.3, 0.4) is 0 Å². The first kappa shape index (κ1) is 21.5. The number of halogens is 1. The van der Waals surface area contributed by atoms with Crippen molar-refractivity contribution in [2.24, 2.45) is 0 Å². The van der Waals surface area contributed by atoms with E-state index in [1.165, 1.54) is 33.3 Å². The molecule has 0 spiro atoms. The molecule has 0 atom stereocenters. The van der Waals surface area contributed by atoms with Crippen LogP contribution in [0.1, 0.15) is 30.3 Å². The second-order valence-electron chi connectivity index (χ2n) is 6.79. The molecule has 2 aromatic rings. The summed E-state index contributed by atoms with van der Waals surface area (Å²) in [6, 6.07) is 8.89. The van der Waals surface area contributed by atoms with Gasteiger partial charge in [-0.25, -0.2) is 13.1 Å². The monoisotopic (exact) mass is 438 g/mol. The molecule has 0 bridgehead atoms. The summed E-state index contributed by atoms with van der Waals surface area (Å²) in [6.07, 6.45) is 1.71. The summed E-state index contributed by atoms with van der Waals surface area (Å²) in [5, 5.41) is 4.53. The van der Waals surface area contributed by atoms with E-state index < -0.39 is 10.0 Å². The van der Waals surface area contributed by atoms with E-state index in [2.05, 4.69) is 5.10 Å². The van der Waals surface area contributed by atoms with Crippen LogP contribution >= 0.6 is 11.6 Å². The highest BCUT2D eigenvalue weighted by Crippen LogP contribution is 2.21. The molecule has 1 aromatic heterocycles. The van der Waals surface area contributed by atoms with Crippen molar-refractivity contribution in [2.45, 2.75) is 31.2 Å². The number of sulfonamides is 1. The first-order valence-corrected chi connectivity index (χ1v) is 11.3. The number of rotatable bonds is 6. The molecule has 1 aromatic carbocycles. The van der Waals surface area contributed by atoms with Crippen molar-refractivity contribution in [3.63, 3.8) is 0 Å². The number of aryl methyl sites for hydroxylation is 1. The molecule has 3 rings (SSSR count). The Labute approximate surface area is 174 Å². The average Bonchev–Trinajstić information content (AvgIpc) is 2.73. The summed E-state index contributed by atoms with van der Waals surface area (Å²) in [4.78, 5) is 26.3. The van der Waals surface area contributed by atoms with E-state index in [9.17, 15) is 18.0 Å². The third-order valence-corrected chi connectivity index (χ3v) is 6.90. The lowest BCUT2D eigenvalue weighted by Crippen LogP contribution is -2.50. The average molecular weight is 439 g/mol. The van der Waals surface area contributed by atoms with Crippen molar-refractivity contribution in [1.29, 1.82) is 0 Å². The number of benzene rings is 1. The molecule has 8 nitrogen and oxygen atoms in total. The molecule has 0 radical (unpaired) electrons. The maximum Gasteiger partial charge on any atom is 0.274 e. The van der Waals surface area contributed by atoms with Crippen molar-refractivity contribution in [3.8, 4) is 0 Å². The van der Waals surface area contributed by atoms with Gasteiger partial charge in [-0.15, -0.1) is 0 Å². The zero-order valence-corrected chi connectivity index (χ0v) is 17.7. The summed E-state index contributed by atoms with van der Waals surface area (Å²) >= 11 is 5.91. The molecular weight excluding hydrogens is 416 g/mol. The van der Waals surface area contributed by atoms with Crippen LogP contribution in [-0.4, -0.2) is 59.5 Å². The molecular formula is C19H23ClN4O4S. The highest BCUT2D eigenvalue weighted by Gasteiger charge is 2.31. The van der Waals surface area contributed by atoms with E-state index in [0.29, 0.717) is 11.6 Å². The molecule has 0 unspecified atom stereocenters. The molecule has 1 amide bonds. The molecule has 2 heterocycles. The Balaban J connectivity index is 1.69. The maximum absolute atomic E-state index is 12.8. The number of piperazine rings is 1. The molecule has 29 heavy (non-hydrogen) atoms. The minimum atomic E-state index is -3.67. The van der Waals surface area contributed by atoms with Crippen LogP contribution in [0.2, 0.25) is 5.02 Å². The van der Waals surface area contributed by atoms with Gasteiger partial charge in [0.15, 0.2) is 0 Å². The second kappa shape index (κ2) is 9.06. The SMILES string of the molecule is CCCCn1nc(C(=O)N2CCN(S(=O)(=O)c3cccc(Cl)c3)CC2)ccc1=O. The molecule has 156 valence electrons. The topological polar surface area (TPSA) is 92.6 Å². The van der Waals surface area contributed by atoms with Gasteiger partial charge < -0.3 is 4.90 Å². The number of unbranched alkanes of at least 4 members (excludes halogenated alkanes) is 1. The smallest absolute Gasteiger partial charge is 0.274 e. The highest BCUT2D eigenvalue weighted by molar-refractivity contribution is 7.89. The van der Waals surface area contributed by atoms with Crippen molar-refractivity contribution in [1.82, 2.24) is 19.0 Å². The third-order valence-electron chi connectivity index (χ3n) is 4.77. The Morgan fingerprint density at radius 2 is 1.86 bits per heavy atom. The number of amides is 1. The third kappa shape index (κ3) is 4.85. The minimum Gasteiger partial charge on any atom is -0.335 e. The first-order chi connectivity index (χ1) is 13.8. The maximum atomic E-state index is 12.8. The lowest BCUT2D eigenvalue weighted by Gasteiger charge is -2.33. The molecule has 10 heteroatoms. The number of hydrogen-bond acceptors (Lipinski definition) is 5. The normalized spacial score (nSPS) is 15.4. The van der Waals surface area contributed by atoms with Gasteiger partial charge in [0.2, 0.25) is 10.0 Å². The molecule has 1 aliphatic heterocycles. The van der Waals surface area contributed by atoms with Crippen molar-refractivity contribution in [3.05, 3.63) is 57.5 Å². The predicted molar refractivity (Wildman–Crippen MR) is 110 cm³/mol. The Morgan fingerprint density at radius 3 is 2.52 bits per heavy atom. The summed E-state index contributed by atoms with van der Waals surface area (Å²) in [5.74, 6) is -0.310. The van der Waals surface area contributed by atoms with Crippen LogP contribution in [0.15, 0.2) is 46.1 Å². The summed E-state index contributed by atoms with van der Waals surface area (Å²) < 4.78 is 28.2. The second-order valence-corrected chi connectivity index (χ2v) is 9.16. The summed E-state index contributed by atoms with van der Waals surface area (Å²) in [6.45, 7) is 3.31. The Kier molecular flexibility index (Phi) is 6.71. The number of hydrogen-bond donors (Lipinski definition) is 0. The van der Waals surface area contributed by atoms with Crippen LogP contribution in [0, 0.1) is 0 Å². The standard InChI is InChI=1S/C19H23ClN4O4S/c1-2-3-9-24-18(25)8-7-17(21-24)19(26)22-10-12-23(13-11-22)29(27,28)16-6-4-5-15(20)14-16/h4-8,14H,2-3,9-13H2,1H3. The lowest BCUT2D eigenvalue weighted by atomic mass is 10.3. The fraction of sp³-hybridized carbons (Fsp3) is 0.421. The Morgan fingerprint density at radius 1 is 1.14 bits per heavy atom. The largest absolute Gasteiger partial charge is 0.335 e. The summed E-state index contributed by atoms with van der Waals surface area (Å²) in [5.41, 5.74) is -0.0562. The van der Waals surface area contributed by atoms with Crippen LogP contribution in [0.5, 0.6) is 0 Å². The first-order valence-electron chi connectivity index (χ1n) is 9.46. The Hall–Kier alpha value is -2.23. The van der Waals surface area contributed by atoms with Gasteiger partial charge in [-0.3, -0.25) is 9.59 Å².